The zero-order chi connectivity index (χ0) is 21.2. The molecule has 31 heavy (non-hydrogen) atoms. The Labute approximate surface area is 176 Å². The molecule has 6 rings (SSSR count). The fourth-order valence-electron chi connectivity index (χ4n) is 4.58. The van der Waals surface area contributed by atoms with E-state index in [-0.39, 0.29) is 23.3 Å². The number of aromatic nitrogens is 5. The summed E-state index contributed by atoms with van der Waals surface area (Å²) in [6.07, 6.45) is 6.76. The first-order valence-corrected chi connectivity index (χ1v) is 10.2. The van der Waals surface area contributed by atoms with Crippen LogP contribution in [0.25, 0.3) is 21.9 Å². The molecule has 0 amide bonds. The minimum atomic E-state index is -0.331. The average molecular weight is 420 g/mol. The molecule has 3 aromatic heterocycles. The predicted molar refractivity (Wildman–Crippen MR) is 115 cm³/mol. The van der Waals surface area contributed by atoms with Crippen LogP contribution in [-0.4, -0.2) is 51.1 Å². The number of nitrogens with one attached hydrogen (secondary N) is 2. The number of halogens is 1. The van der Waals surface area contributed by atoms with Crippen molar-refractivity contribution in [2.75, 3.05) is 30.4 Å². The number of nitrogens with two attached hydrogens (primary N) is 1. The van der Waals surface area contributed by atoms with E-state index in [2.05, 4.69) is 30.2 Å². The molecular formula is C21H21FN8O. The summed E-state index contributed by atoms with van der Waals surface area (Å²) in [5.41, 5.74) is 8.59. The highest BCUT2D eigenvalue weighted by Crippen LogP contribution is 2.53. The Kier molecular flexibility index (Phi) is 3.82. The SMILES string of the molecule is CNc1cc(F)cc2c1[nH]c1nc(Oc3cncnc3)nc(N3C[C@@H](N)C4(CC4)C3)c12. The minimum absolute atomic E-state index is 0.0826. The summed E-state index contributed by atoms with van der Waals surface area (Å²) >= 11 is 0. The van der Waals surface area contributed by atoms with Gasteiger partial charge in [-0.15, -0.1) is 0 Å². The predicted octanol–water partition coefficient (Wildman–Crippen LogP) is 2.80. The third kappa shape index (κ3) is 2.86. The molecule has 158 valence electrons. The second kappa shape index (κ2) is 6.48. The van der Waals surface area contributed by atoms with Gasteiger partial charge in [-0.1, -0.05) is 0 Å². The van der Waals surface area contributed by atoms with E-state index in [4.69, 9.17) is 15.5 Å². The lowest BCUT2D eigenvalue weighted by atomic mass is 10.0. The van der Waals surface area contributed by atoms with Gasteiger partial charge in [0.2, 0.25) is 0 Å². The number of anilines is 2. The summed E-state index contributed by atoms with van der Waals surface area (Å²) in [7, 11) is 1.76. The van der Waals surface area contributed by atoms with E-state index in [1.807, 2.05) is 0 Å². The van der Waals surface area contributed by atoms with Crippen LogP contribution in [-0.2, 0) is 0 Å². The maximum atomic E-state index is 14.4. The molecule has 1 atom stereocenters. The summed E-state index contributed by atoms with van der Waals surface area (Å²) in [5.74, 6) is 0.792. The quantitative estimate of drug-likeness (QED) is 0.461. The van der Waals surface area contributed by atoms with E-state index < -0.39 is 0 Å². The Bertz CT molecular complexity index is 1300. The van der Waals surface area contributed by atoms with Gasteiger partial charge in [-0.2, -0.15) is 9.97 Å². The number of H-pyrrole nitrogens is 1. The Morgan fingerprint density at radius 1 is 1.26 bits per heavy atom. The summed E-state index contributed by atoms with van der Waals surface area (Å²) in [5, 5.41) is 4.52. The van der Waals surface area contributed by atoms with Crippen molar-refractivity contribution in [2.24, 2.45) is 11.1 Å². The highest BCUT2D eigenvalue weighted by atomic mass is 19.1. The minimum Gasteiger partial charge on any atom is -0.421 e. The number of benzene rings is 1. The van der Waals surface area contributed by atoms with Gasteiger partial charge in [-0.3, -0.25) is 0 Å². The number of nitrogens with zero attached hydrogens (tertiary/aromatic N) is 5. The second-order valence-corrected chi connectivity index (χ2v) is 8.33. The number of fused-ring (bicyclic) bond motifs is 3. The number of hydrogen-bond donors (Lipinski definition) is 3. The first-order chi connectivity index (χ1) is 15.1. The molecule has 2 aliphatic rings. The van der Waals surface area contributed by atoms with Gasteiger partial charge in [0, 0.05) is 37.0 Å². The van der Waals surface area contributed by atoms with Gasteiger partial charge in [0.05, 0.1) is 29.0 Å². The molecule has 1 spiro atoms. The molecule has 10 heteroatoms. The van der Waals surface area contributed by atoms with Crippen LogP contribution in [0, 0.1) is 11.2 Å². The van der Waals surface area contributed by atoms with Gasteiger partial charge >= 0.3 is 6.01 Å². The van der Waals surface area contributed by atoms with Crippen LogP contribution in [0.1, 0.15) is 12.8 Å². The molecule has 4 aromatic rings. The van der Waals surface area contributed by atoms with Crippen molar-refractivity contribution < 1.29 is 9.13 Å². The summed E-state index contributed by atoms with van der Waals surface area (Å²) < 4.78 is 20.2. The highest BCUT2D eigenvalue weighted by molar-refractivity contribution is 6.14. The molecule has 2 fully saturated rings. The van der Waals surface area contributed by atoms with Crippen molar-refractivity contribution in [3.05, 3.63) is 36.7 Å². The summed E-state index contributed by atoms with van der Waals surface area (Å²) in [6, 6.07) is 3.21. The topological polar surface area (TPSA) is 118 Å². The van der Waals surface area contributed by atoms with Gasteiger partial charge in [0.25, 0.3) is 0 Å². The molecule has 1 aliphatic carbocycles. The maximum Gasteiger partial charge on any atom is 0.326 e. The monoisotopic (exact) mass is 420 g/mol. The van der Waals surface area contributed by atoms with Crippen LogP contribution in [0.3, 0.4) is 0 Å². The van der Waals surface area contributed by atoms with E-state index in [9.17, 15) is 4.39 Å². The first kappa shape index (κ1) is 18.3. The normalized spacial score (nSPS) is 19.5. The lowest BCUT2D eigenvalue weighted by Gasteiger charge is -2.19. The van der Waals surface area contributed by atoms with Crippen molar-refractivity contribution in [3.63, 3.8) is 0 Å². The van der Waals surface area contributed by atoms with E-state index in [0.29, 0.717) is 34.8 Å². The molecule has 4 N–H and O–H groups in total. The fraction of sp³-hybridized carbons (Fsp3) is 0.333. The Morgan fingerprint density at radius 2 is 2.06 bits per heavy atom. The molecule has 9 nitrogen and oxygen atoms in total. The molecule has 1 aromatic carbocycles. The Balaban J connectivity index is 1.56. The Morgan fingerprint density at radius 3 is 2.77 bits per heavy atom. The maximum absolute atomic E-state index is 14.4. The molecule has 0 bridgehead atoms. The van der Waals surface area contributed by atoms with Gasteiger partial charge in [-0.25, -0.2) is 14.4 Å². The van der Waals surface area contributed by atoms with Gasteiger partial charge in [0.1, 0.15) is 23.6 Å². The number of ether oxygens (including phenoxy) is 1. The van der Waals surface area contributed by atoms with Crippen molar-refractivity contribution in [1.29, 1.82) is 0 Å². The van der Waals surface area contributed by atoms with Gasteiger partial charge in [-0.05, 0) is 25.0 Å². The Hall–Kier alpha value is -3.53. The number of aromatic amines is 1. The number of rotatable bonds is 4. The van der Waals surface area contributed by atoms with Crippen LogP contribution in [0.15, 0.2) is 30.9 Å². The molecular weight excluding hydrogens is 399 g/mol. The highest BCUT2D eigenvalue weighted by Gasteiger charge is 2.54. The fourth-order valence-corrected chi connectivity index (χ4v) is 4.58. The zero-order valence-electron chi connectivity index (χ0n) is 16.9. The summed E-state index contributed by atoms with van der Waals surface area (Å²) in [4.78, 5) is 22.7. The lowest BCUT2D eigenvalue weighted by molar-refractivity contribution is 0.439. The van der Waals surface area contributed by atoms with Gasteiger partial charge in [0.15, 0.2) is 5.75 Å². The van der Waals surface area contributed by atoms with Crippen LogP contribution in [0.2, 0.25) is 0 Å². The molecule has 1 saturated heterocycles. The van der Waals surface area contributed by atoms with Crippen molar-refractivity contribution in [1.82, 2.24) is 24.9 Å². The molecule has 0 radical (unpaired) electrons. The second-order valence-electron chi connectivity index (χ2n) is 8.33. The van der Waals surface area contributed by atoms with E-state index in [1.165, 1.54) is 18.5 Å². The van der Waals surface area contributed by atoms with Crippen LogP contribution >= 0.6 is 0 Å². The van der Waals surface area contributed by atoms with E-state index in [1.54, 1.807) is 19.4 Å². The van der Waals surface area contributed by atoms with Gasteiger partial charge < -0.3 is 25.7 Å². The largest absolute Gasteiger partial charge is 0.421 e. The van der Waals surface area contributed by atoms with E-state index >= 15 is 0 Å². The third-order valence-electron chi connectivity index (χ3n) is 6.40. The van der Waals surface area contributed by atoms with Crippen molar-refractivity contribution in [2.45, 2.75) is 18.9 Å². The number of hydrogen-bond acceptors (Lipinski definition) is 8. The first-order valence-electron chi connectivity index (χ1n) is 10.2. The standard InChI is InChI=1S/C21H21FN8O/c1-24-14-5-11(22)4-13-16-18(27-17(13)14)28-20(31-12-6-25-10-26-7-12)29-19(16)30-8-15(23)21(9-30)2-3-21/h4-7,10,15,24H,2-3,8-9,23H2,1H3,(H,27,28,29)/t15-/m1/s1. The summed E-state index contributed by atoms with van der Waals surface area (Å²) in [6.45, 7) is 1.50. The third-order valence-corrected chi connectivity index (χ3v) is 6.40. The lowest BCUT2D eigenvalue weighted by Crippen LogP contribution is -2.30. The van der Waals surface area contributed by atoms with Crippen LogP contribution in [0.5, 0.6) is 11.8 Å². The van der Waals surface area contributed by atoms with Crippen molar-refractivity contribution >= 4 is 33.4 Å². The van der Waals surface area contributed by atoms with Crippen LogP contribution in [0.4, 0.5) is 15.9 Å². The molecule has 0 unspecified atom stereocenters. The zero-order valence-corrected chi connectivity index (χ0v) is 16.9. The van der Waals surface area contributed by atoms with E-state index in [0.717, 1.165) is 30.3 Å². The van der Waals surface area contributed by atoms with Crippen molar-refractivity contribution in [3.8, 4) is 11.8 Å². The smallest absolute Gasteiger partial charge is 0.326 e. The molecule has 1 saturated carbocycles. The molecule has 1 aliphatic heterocycles. The average Bonchev–Trinajstić information content (AvgIpc) is 3.35. The van der Waals surface area contributed by atoms with Crippen LogP contribution < -0.4 is 20.7 Å². The molecule has 4 heterocycles.